The summed E-state index contributed by atoms with van der Waals surface area (Å²) in [7, 11) is 0. The molecule has 0 radical (unpaired) electrons. The van der Waals surface area contributed by atoms with Crippen LogP contribution in [0.25, 0.3) is 0 Å². The van der Waals surface area contributed by atoms with E-state index in [9.17, 15) is 9.59 Å². The van der Waals surface area contributed by atoms with Crippen LogP contribution in [0.5, 0.6) is 0 Å². The summed E-state index contributed by atoms with van der Waals surface area (Å²) in [5.41, 5.74) is 0. The molecular weight excluding hydrogens is 230 g/mol. The van der Waals surface area contributed by atoms with Crippen molar-refractivity contribution < 1.29 is 14.7 Å². The predicted octanol–water partition coefficient (Wildman–Crippen LogP) is 2.18. The van der Waals surface area contributed by atoms with Crippen molar-refractivity contribution in [2.24, 2.45) is 17.8 Å². The van der Waals surface area contributed by atoms with Crippen LogP contribution >= 0.6 is 0 Å². The number of fused-ring (bicyclic) bond motifs is 2. The molecule has 2 rings (SSSR count). The minimum Gasteiger partial charge on any atom is -0.481 e. The molecule has 0 aromatic rings. The fraction of sp³-hybridized carbons (Fsp3) is 0.857. The molecule has 2 fully saturated rings. The lowest BCUT2D eigenvalue weighted by Gasteiger charge is -2.28. The molecular formula is C14H23NO3. The van der Waals surface area contributed by atoms with E-state index < -0.39 is 5.97 Å². The molecule has 2 bridgehead atoms. The predicted molar refractivity (Wildman–Crippen MR) is 68.0 cm³/mol. The van der Waals surface area contributed by atoms with Crippen LogP contribution in [0.2, 0.25) is 0 Å². The lowest BCUT2D eigenvalue weighted by Crippen LogP contribution is -2.40. The summed E-state index contributed by atoms with van der Waals surface area (Å²) in [5, 5.41) is 11.6. The average molecular weight is 253 g/mol. The number of carboxylic acids is 1. The highest BCUT2D eigenvalue weighted by Crippen LogP contribution is 2.49. The second kappa shape index (κ2) is 5.72. The van der Waals surface area contributed by atoms with Crippen molar-refractivity contribution >= 4 is 11.9 Å². The molecule has 4 atom stereocenters. The van der Waals surface area contributed by atoms with Gasteiger partial charge < -0.3 is 10.4 Å². The Kier molecular flexibility index (Phi) is 4.25. The van der Waals surface area contributed by atoms with Gasteiger partial charge in [0.25, 0.3) is 0 Å². The van der Waals surface area contributed by atoms with Gasteiger partial charge in [0.15, 0.2) is 0 Å². The molecule has 0 saturated heterocycles. The molecule has 4 nitrogen and oxygen atoms in total. The van der Waals surface area contributed by atoms with Crippen molar-refractivity contribution in [2.45, 2.75) is 57.9 Å². The summed E-state index contributed by atoms with van der Waals surface area (Å²) in [6.07, 6.45) is 6.16. The number of aliphatic carboxylic acids is 1. The third-order valence-corrected chi connectivity index (χ3v) is 4.62. The standard InChI is InChI=1S/C14H23NO3/c1-9(12-8-10-5-6-11(12)7-10)15-13(16)3-2-4-14(17)18/h9-12H,2-8H2,1H3,(H,15,16)(H,17,18)/t9-,10-,11-,12+/m0/s1. The normalized spacial score (nSPS) is 31.3. The van der Waals surface area contributed by atoms with E-state index in [1.165, 1.54) is 25.7 Å². The minimum atomic E-state index is -0.830. The van der Waals surface area contributed by atoms with Gasteiger partial charge in [-0.05, 0) is 50.4 Å². The summed E-state index contributed by atoms with van der Waals surface area (Å²) in [4.78, 5) is 22.1. The summed E-state index contributed by atoms with van der Waals surface area (Å²) in [6.45, 7) is 2.10. The quantitative estimate of drug-likeness (QED) is 0.762. The second-order valence-electron chi connectivity index (χ2n) is 5.94. The first-order chi connectivity index (χ1) is 8.56. The Bertz CT molecular complexity index is 329. The van der Waals surface area contributed by atoms with E-state index in [0.717, 1.165) is 11.8 Å². The number of carbonyl (C=O) groups is 2. The van der Waals surface area contributed by atoms with E-state index in [-0.39, 0.29) is 18.4 Å². The number of hydrogen-bond acceptors (Lipinski definition) is 2. The minimum absolute atomic E-state index is 0.00604. The van der Waals surface area contributed by atoms with E-state index in [2.05, 4.69) is 12.2 Å². The van der Waals surface area contributed by atoms with Gasteiger partial charge in [0.05, 0.1) is 0 Å². The number of carbonyl (C=O) groups excluding carboxylic acids is 1. The van der Waals surface area contributed by atoms with E-state index in [0.29, 0.717) is 18.8 Å². The zero-order valence-electron chi connectivity index (χ0n) is 11.0. The number of hydrogen-bond donors (Lipinski definition) is 2. The first-order valence-electron chi connectivity index (χ1n) is 7.07. The Morgan fingerprint density at radius 2 is 2.06 bits per heavy atom. The van der Waals surface area contributed by atoms with E-state index >= 15 is 0 Å². The Balaban J connectivity index is 1.69. The average Bonchev–Trinajstić information content (AvgIpc) is 2.89. The van der Waals surface area contributed by atoms with Crippen molar-refractivity contribution in [3.63, 3.8) is 0 Å². The van der Waals surface area contributed by atoms with Gasteiger partial charge in [-0.3, -0.25) is 9.59 Å². The molecule has 4 heteroatoms. The van der Waals surface area contributed by atoms with Gasteiger partial charge in [-0.25, -0.2) is 0 Å². The Morgan fingerprint density at radius 1 is 1.28 bits per heavy atom. The van der Waals surface area contributed by atoms with Gasteiger partial charge in [-0.15, -0.1) is 0 Å². The van der Waals surface area contributed by atoms with Gasteiger partial charge in [0, 0.05) is 18.9 Å². The smallest absolute Gasteiger partial charge is 0.303 e. The van der Waals surface area contributed by atoms with Crippen molar-refractivity contribution in [3.05, 3.63) is 0 Å². The molecule has 18 heavy (non-hydrogen) atoms. The molecule has 1 amide bonds. The maximum Gasteiger partial charge on any atom is 0.303 e. The maximum atomic E-state index is 11.7. The van der Waals surface area contributed by atoms with Crippen molar-refractivity contribution in [3.8, 4) is 0 Å². The molecule has 2 N–H and O–H groups in total. The van der Waals surface area contributed by atoms with Crippen LogP contribution in [0.4, 0.5) is 0 Å². The van der Waals surface area contributed by atoms with E-state index in [1.54, 1.807) is 0 Å². The van der Waals surface area contributed by atoms with Crippen molar-refractivity contribution in [2.75, 3.05) is 0 Å². The van der Waals surface area contributed by atoms with Crippen LogP contribution in [-0.4, -0.2) is 23.0 Å². The number of nitrogens with one attached hydrogen (secondary N) is 1. The summed E-state index contributed by atoms with van der Waals surface area (Å²) in [6, 6.07) is 0.248. The van der Waals surface area contributed by atoms with Gasteiger partial charge in [-0.2, -0.15) is 0 Å². The Labute approximate surface area is 108 Å². The molecule has 0 heterocycles. The molecule has 2 aliphatic rings. The monoisotopic (exact) mass is 253 g/mol. The highest BCUT2D eigenvalue weighted by atomic mass is 16.4. The molecule has 102 valence electrons. The van der Waals surface area contributed by atoms with Gasteiger partial charge in [0.2, 0.25) is 5.91 Å². The molecule has 2 aliphatic carbocycles. The van der Waals surface area contributed by atoms with Crippen LogP contribution in [0.3, 0.4) is 0 Å². The molecule has 2 saturated carbocycles. The molecule has 0 aromatic heterocycles. The zero-order valence-corrected chi connectivity index (χ0v) is 11.0. The third-order valence-electron chi connectivity index (χ3n) is 4.62. The van der Waals surface area contributed by atoms with Crippen LogP contribution in [0, 0.1) is 17.8 Å². The first-order valence-corrected chi connectivity index (χ1v) is 7.07. The van der Waals surface area contributed by atoms with Gasteiger partial charge in [-0.1, -0.05) is 6.42 Å². The molecule has 0 unspecified atom stereocenters. The second-order valence-corrected chi connectivity index (χ2v) is 5.94. The van der Waals surface area contributed by atoms with Crippen molar-refractivity contribution in [1.29, 1.82) is 0 Å². The first kappa shape index (κ1) is 13.4. The fourth-order valence-electron chi connectivity index (χ4n) is 3.74. The topological polar surface area (TPSA) is 66.4 Å². The molecule has 0 aromatic carbocycles. The zero-order chi connectivity index (χ0) is 13.1. The van der Waals surface area contributed by atoms with Gasteiger partial charge >= 0.3 is 5.97 Å². The lowest BCUT2D eigenvalue weighted by molar-refractivity contribution is -0.137. The SMILES string of the molecule is C[C@H](NC(=O)CCCC(=O)O)[C@H]1C[C@H]2CC[C@H]1C2. The largest absolute Gasteiger partial charge is 0.481 e. The fourth-order valence-corrected chi connectivity index (χ4v) is 3.74. The van der Waals surface area contributed by atoms with Crippen LogP contribution < -0.4 is 5.32 Å². The van der Waals surface area contributed by atoms with Crippen LogP contribution in [-0.2, 0) is 9.59 Å². The highest BCUT2D eigenvalue weighted by molar-refractivity contribution is 5.77. The van der Waals surface area contributed by atoms with Crippen LogP contribution in [0.1, 0.15) is 51.9 Å². The number of rotatable bonds is 6. The van der Waals surface area contributed by atoms with Crippen LogP contribution in [0.15, 0.2) is 0 Å². The summed E-state index contributed by atoms with van der Waals surface area (Å²) in [5.74, 6) is 1.53. The number of carboxylic acid groups (broad SMARTS) is 1. The van der Waals surface area contributed by atoms with Gasteiger partial charge in [0.1, 0.15) is 0 Å². The van der Waals surface area contributed by atoms with Crippen molar-refractivity contribution in [1.82, 2.24) is 5.32 Å². The molecule has 0 aliphatic heterocycles. The lowest BCUT2D eigenvalue weighted by atomic mass is 9.84. The van der Waals surface area contributed by atoms with E-state index in [1.807, 2.05) is 0 Å². The third kappa shape index (κ3) is 3.24. The number of amides is 1. The summed E-state index contributed by atoms with van der Waals surface area (Å²) < 4.78 is 0. The maximum absolute atomic E-state index is 11.7. The Hall–Kier alpha value is -1.06. The molecule has 0 spiro atoms. The Morgan fingerprint density at radius 3 is 2.61 bits per heavy atom. The van der Waals surface area contributed by atoms with E-state index in [4.69, 9.17) is 5.11 Å². The highest BCUT2D eigenvalue weighted by Gasteiger charge is 2.41. The summed E-state index contributed by atoms with van der Waals surface area (Å²) >= 11 is 0.